The maximum atomic E-state index is 5.46. The molecule has 3 heterocycles. The molecule has 4 rings (SSSR count). The molecule has 0 bridgehead atoms. The van der Waals surface area contributed by atoms with Gasteiger partial charge in [-0.05, 0) is 24.6 Å². The fourth-order valence-electron chi connectivity index (χ4n) is 3.09. The molecule has 0 saturated heterocycles. The fraction of sp³-hybridized carbons (Fsp3) is 0.250. The van der Waals surface area contributed by atoms with Gasteiger partial charge < -0.3 is 4.74 Å². The summed E-state index contributed by atoms with van der Waals surface area (Å²) in [7, 11) is 1.68. The van der Waals surface area contributed by atoms with Gasteiger partial charge in [-0.3, -0.25) is 9.67 Å². The largest absolute Gasteiger partial charge is 0.496 e. The van der Waals surface area contributed by atoms with Crippen molar-refractivity contribution in [2.45, 2.75) is 25.8 Å². The predicted octanol–water partition coefficient (Wildman–Crippen LogP) is 2.49. The third-order valence-corrected chi connectivity index (χ3v) is 4.42. The number of methoxy groups -OCH3 is 1. The molecule has 0 fully saturated rings. The first-order valence-electron chi connectivity index (χ1n) is 9.13. The van der Waals surface area contributed by atoms with Crippen LogP contribution < -0.4 is 4.74 Å². The Morgan fingerprint density at radius 3 is 2.68 bits per heavy atom. The highest BCUT2D eigenvalue weighted by Crippen LogP contribution is 2.21. The second-order valence-corrected chi connectivity index (χ2v) is 6.31. The number of ether oxygens (including phenoxy) is 1. The molecule has 1 aromatic carbocycles. The smallest absolute Gasteiger partial charge is 0.155 e. The molecule has 0 spiro atoms. The standard InChI is InChI=1S/C20H21N7O/c1-28-18-6-3-2-5-16(18)13-19-24-20(7-4-12-26-15-22-14-23-26)27(25-19)17-8-10-21-11-9-17/h2-3,5-6,8-11,14-15H,4,7,12-13H2,1H3. The molecule has 8 heteroatoms. The van der Waals surface area contributed by atoms with E-state index in [1.54, 1.807) is 32.2 Å². The molecule has 0 radical (unpaired) electrons. The van der Waals surface area contributed by atoms with Gasteiger partial charge in [-0.2, -0.15) is 10.2 Å². The van der Waals surface area contributed by atoms with E-state index in [1.807, 2.05) is 45.8 Å². The zero-order chi connectivity index (χ0) is 19.2. The van der Waals surface area contributed by atoms with E-state index in [0.29, 0.717) is 6.42 Å². The monoisotopic (exact) mass is 375 g/mol. The fourth-order valence-corrected chi connectivity index (χ4v) is 3.09. The van der Waals surface area contributed by atoms with E-state index in [2.05, 4.69) is 15.1 Å². The predicted molar refractivity (Wildman–Crippen MR) is 103 cm³/mol. The van der Waals surface area contributed by atoms with E-state index < -0.39 is 0 Å². The van der Waals surface area contributed by atoms with E-state index in [0.717, 1.165) is 48.0 Å². The molecule has 0 atom stereocenters. The first kappa shape index (κ1) is 17.8. The average molecular weight is 375 g/mol. The molecule has 142 valence electrons. The molecule has 0 aliphatic carbocycles. The van der Waals surface area contributed by atoms with Crippen LogP contribution in [-0.4, -0.2) is 41.6 Å². The van der Waals surface area contributed by atoms with E-state index in [9.17, 15) is 0 Å². The van der Waals surface area contributed by atoms with Crippen molar-refractivity contribution in [1.29, 1.82) is 0 Å². The molecule has 0 aliphatic rings. The molecule has 0 aliphatic heterocycles. The van der Waals surface area contributed by atoms with Crippen LogP contribution in [0, 0.1) is 0 Å². The van der Waals surface area contributed by atoms with Crippen LogP contribution in [0.1, 0.15) is 23.6 Å². The van der Waals surface area contributed by atoms with Crippen LogP contribution in [0.5, 0.6) is 5.75 Å². The van der Waals surface area contributed by atoms with Gasteiger partial charge in [-0.15, -0.1) is 0 Å². The van der Waals surface area contributed by atoms with Crippen molar-refractivity contribution < 1.29 is 4.74 Å². The summed E-state index contributed by atoms with van der Waals surface area (Å²) in [5, 5.41) is 8.90. The molecule has 4 aromatic rings. The lowest BCUT2D eigenvalue weighted by molar-refractivity contribution is 0.410. The van der Waals surface area contributed by atoms with Crippen LogP contribution in [0.15, 0.2) is 61.4 Å². The summed E-state index contributed by atoms with van der Waals surface area (Å²) in [4.78, 5) is 12.9. The maximum Gasteiger partial charge on any atom is 0.155 e. The van der Waals surface area contributed by atoms with Crippen molar-refractivity contribution in [3.8, 4) is 11.4 Å². The molecule has 0 amide bonds. The van der Waals surface area contributed by atoms with E-state index >= 15 is 0 Å². The molecular formula is C20H21N7O. The van der Waals surface area contributed by atoms with Gasteiger partial charge in [0, 0.05) is 37.3 Å². The number of hydrogen-bond acceptors (Lipinski definition) is 6. The van der Waals surface area contributed by atoms with Gasteiger partial charge in [-0.25, -0.2) is 14.6 Å². The number of rotatable bonds is 8. The minimum atomic E-state index is 0.609. The SMILES string of the molecule is COc1ccccc1Cc1nc(CCCn2cncn2)n(-c2ccncc2)n1. The number of para-hydroxylation sites is 1. The molecule has 8 nitrogen and oxygen atoms in total. The summed E-state index contributed by atoms with van der Waals surface area (Å²) >= 11 is 0. The lowest BCUT2D eigenvalue weighted by Crippen LogP contribution is -2.06. The van der Waals surface area contributed by atoms with Crippen molar-refractivity contribution in [2.75, 3.05) is 7.11 Å². The van der Waals surface area contributed by atoms with Crippen molar-refractivity contribution in [3.63, 3.8) is 0 Å². The van der Waals surface area contributed by atoms with Gasteiger partial charge in [0.25, 0.3) is 0 Å². The van der Waals surface area contributed by atoms with Gasteiger partial charge >= 0.3 is 0 Å². The summed E-state index contributed by atoms with van der Waals surface area (Å²) in [5.74, 6) is 2.52. The zero-order valence-corrected chi connectivity index (χ0v) is 15.6. The highest BCUT2D eigenvalue weighted by molar-refractivity contribution is 5.36. The van der Waals surface area contributed by atoms with E-state index in [1.165, 1.54) is 0 Å². The second kappa shape index (κ2) is 8.43. The molecule has 28 heavy (non-hydrogen) atoms. The molecule has 0 saturated carbocycles. The Bertz CT molecular complexity index is 1010. The van der Waals surface area contributed by atoms with Crippen LogP contribution in [-0.2, 0) is 19.4 Å². The van der Waals surface area contributed by atoms with Gasteiger partial charge in [0.2, 0.25) is 0 Å². The molecular weight excluding hydrogens is 354 g/mol. The minimum absolute atomic E-state index is 0.609. The number of aryl methyl sites for hydroxylation is 2. The number of hydrogen-bond donors (Lipinski definition) is 0. The molecule has 3 aromatic heterocycles. The van der Waals surface area contributed by atoms with Crippen molar-refractivity contribution in [2.24, 2.45) is 0 Å². The van der Waals surface area contributed by atoms with Gasteiger partial charge in [-0.1, -0.05) is 18.2 Å². The second-order valence-electron chi connectivity index (χ2n) is 6.31. The minimum Gasteiger partial charge on any atom is -0.496 e. The Morgan fingerprint density at radius 2 is 1.89 bits per heavy atom. The number of benzene rings is 1. The highest BCUT2D eigenvalue weighted by Gasteiger charge is 2.14. The summed E-state index contributed by atoms with van der Waals surface area (Å²) < 4.78 is 9.18. The Labute approximate surface area is 162 Å². The lowest BCUT2D eigenvalue weighted by Gasteiger charge is -2.05. The van der Waals surface area contributed by atoms with Crippen molar-refractivity contribution in [3.05, 3.63) is 78.7 Å². The third-order valence-electron chi connectivity index (χ3n) is 4.42. The van der Waals surface area contributed by atoms with Crippen LogP contribution in [0.3, 0.4) is 0 Å². The number of nitrogens with zero attached hydrogens (tertiary/aromatic N) is 7. The first-order chi connectivity index (χ1) is 13.8. The number of aromatic nitrogens is 7. The Kier molecular flexibility index (Phi) is 5.37. The number of pyridine rings is 1. The zero-order valence-electron chi connectivity index (χ0n) is 15.6. The Balaban J connectivity index is 1.58. The van der Waals surface area contributed by atoms with Crippen LogP contribution in [0.4, 0.5) is 0 Å². The summed E-state index contributed by atoms with van der Waals surface area (Å²) in [6, 6.07) is 11.8. The van der Waals surface area contributed by atoms with Crippen LogP contribution >= 0.6 is 0 Å². The average Bonchev–Trinajstić information content (AvgIpc) is 3.39. The van der Waals surface area contributed by atoms with Gasteiger partial charge in [0.15, 0.2) is 5.82 Å². The van der Waals surface area contributed by atoms with Gasteiger partial charge in [0.05, 0.1) is 12.8 Å². The first-order valence-corrected chi connectivity index (χ1v) is 9.13. The topological polar surface area (TPSA) is 83.5 Å². The van der Waals surface area contributed by atoms with Crippen LogP contribution in [0.2, 0.25) is 0 Å². The van der Waals surface area contributed by atoms with Crippen LogP contribution in [0.25, 0.3) is 5.69 Å². The van der Waals surface area contributed by atoms with Gasteiger partial charge in [0.1, 0.15) is 24.2 Å². The summed E-state index contributed by atoms with van der Waals surface area (Å²) in [6.07, 6.45) is 9.07. The third kappa shape index (κ3) is 4.06. The highest BCUT2D eigenvalue weighted by atomic mass is 16.5. The van der Waals surface area contributed by atoms with Crippen molar-refractivity contribution >= 4 is 0 Å². The molecule has 0 N–H and O–H groups in total. The summed E-state index contributed by atoms with van der Waals surface area (Å²) in [6.45, 7) is 0.783. The van der Waals surface area contributed by atoms with E-state index in [4.69, 9.17) is 14.8 Å². The summed E-state index contributed by atoms with van der Waals surface area (Å²) in [5.41, 5.74) is 2.01. The maximum absolute atomic E-state index is 5.46. The molecule has 0 unspecified atom stereocenters. The Morgan fingerprint density at radius 1 is 1.04 bits per heavy atom. The van der Waals surface area contributed by atoms with Crippen molar-refractivity contribution in [1.82, 2.24) is 34.5 Å². The quantitative estimate of drug-likeness (QED) is 0.470. The van der Waals surface area contributed by atoms with E-state index in [-0.39, 0.29) is 0 Å². The lowest BCUT2D eigenvalue weighted by atomic mass is 10.1. The Hall–Kier alpha value is -3.55. The normalized spacial score (nSPS) is 10.9.